The first-order valence-electron chi connectivity index (χ1n) is 7.40. The van der Waals surface area contributed by atoms with Crippen molar-refractivity contribution in [2.45, 2.75) is 73.1 Å². The smallest absolute Gasteiger partial charge is 0.00533 e. The molecule has 0 saturated heterocycles. The molecule has 1 nitrogen and oxygen atoms in total. The van der Waals surface area contributed by atoms with Crippen LogP contribution < -0.4 is 0 Å². The average molecular weight is 243 g/mol. The quantitative estimate of drug-likeness (QED) is 0.439. The third-order valence-corrected chi connectivity index (χ3v) is 2.23. The summed E-state index contributed by atoms with van der Waals surface area (Å²) >= 11 is 0. The van der Waals surface area contributed by atoms with Crippen molar-refractivity contribution in [3.63, 3.8) is 0 Å². The standard InChI is InChI=1S/C6H14.C6H12.C4H11N/c2*1-3-5-6-4-2;1-4-5(2)3/h3-6H2,1-2H3;5-6H,3-4H2,1-2H3;4H2,1-3H3/b;6-5-;. The Bertz CT molecular complexity index is 107. The Balaban J connectivity index is -0.000000174. The highest BCUT2D eigenvalue weighted by Gasteiger charge is 1.75. The molecule has 0 saturated carbocycles. The van der Waals surface area contributed by atoms with Gasteiger partial charge in [0.05, 0.1) is 0 Å². The first-order chi connectivity index (χ1) is 8.10. The monoisotopic (exact) mass is 243 g/mol. The lowest BCUT2D eigenvalue weighted by Crippen LogP contribution is -2.08. The van der Waals surface area contributed by atoms with E-state index in [0.29, 0.717) is 0 Å². The number of allylic oxidation sites excluding steroid dienone is 2. The fourth-order valence-electron chi connectivity index (χ4n) is 0.833. The van der Waals surface area contributed by atoms with Crippen LogP contribution in [0.5, 0.6) is 0 Å². The van der Waals surface area contributed by atoms with Crippen LogP contribution in [0, 0.1) is 0 Å². The maximum atomic E-state index is 2.23. The molecule has 106 valence electrons. The molecule has 0 bridgehead atoms. The molecule has 0 heterocycles. The SMILES string of the molecule is CC/C=C\CC.CCCCCC.CCN(C)C. The minimum Gasteiger partial charge on any atom is -0.310 e. The Morgan fingerprint density at radius 3 is 1.12 bits per heavy atom. The average Bonchev–Trinajstić information content (AvgIpc) is 2.35. The molecule has 17 heavy (non-hydrogen) atoms. The molecular formula is C16H37N. The van der Waals surface area contributed by atoms with Gasteiger partial charge < -0.3 is 4.90 Å². The summed E-state index contributed by atoms with van der Waals surface area (Å²) in [4.78, 5) is 2.12. The van der Waals surface area contributed by atoms with Gasteiger partial charge in [-0.15, -0.1) is 0 Å². The molecule has 0 aliphatic rings. The largest absolute Gasteiger partial charge is 0.310 e. The fourth-order valence-corrected chi connectivity index (χ4v) is 0.833. The molecule has 0 N–H and O–H groups in total. The van der Waals surface area contributed by atoms with Gasteiger partial charge >= 0.3 is 0 Å². The topological polar surface area (TPSA) is 3.24 Å². The minimum absolute atomic E-state index is 1.14. The third kappa shape index (κ3) is 49.7. The molecule has 0 aliphatic carbocycles. The van der Waals surface area contributed by atoms with E-state index < -0.39 is 0 Å². The summed E-state index contributed by atoms with van der Waals surface area (Å²) in [6.45, 7) is 12.0. The number of rotatable bonds is 6. The van der Waals surface area contributed by atoms with Gasteiger partial charge in [-0.1, -0.05) is 72.5 Å². The lowest BCUT2D eigenvalue weighted by Gasteiger charge is -2.00. The van der Waals surface area contributed by atoms with Crippen molar-refractivity contribution in [1.82, 2.24) is 4.90 Å². The zero-order valence-electron chi connectivity index (χ0n) is 13.6. The molecule has 1 heteroatoms. The summed E-state index contributed by atoms with van der Waals surface area (Å²) in [7, 11) is 4.11. The van der Waals surface area contributed by atoms with E-state index in [1.165, 1.54) is 38.5 Å². The summed E-state index contributed by atoms with van der Waals surface area (Å²) in [5.74, 6) is 0. The van der Waals surface area contributed by atoms with E-state index in [4.69, 9.17) is 0 Å². The van der Waals surface area contributed by atoms with E-state index in [-0.39, 0.29) is 0 Å². The summed E-state index contributed by atoms with van der Waals surface area (Å²) in [5, 5.41) is 0. The van der Waals surface area contributed by atoms with Crippen LogP contribution in [0.15, 0.2) is 12.2 Å². The van der Waals surface area contributed by atoms with Crippen LogP contribution in [-0.4, -0.2) is 25.5 Å². The van der Waals surface area contributed by atoms with E-state index >= 15 is 0 Å². The molecule has 0 aromatic heterocycles. The zero-order valence-corrected chi connectivity index (χ0v) is 13.6. The van der Waals surface area contributed by atoms with Crippen LogP contribution >= 0.6 is 0 Å². The first-order valence-corrected chi connectivity index (χ1v) is 7.40. The van der Waals surface area contributed by atoms with Gasteiger partial charge in [-0.2, -0.15) is 0 Å². The number of nitrogens with zero attached hydrogens (tertiary/aromatic N) is 1. The molecule has 0 radical (unpaired) electrons. The van der Waals surface area contributed by atoms with Crippen LogP contribution in [0.3, 0.4) is 0 Å². The van der Waals surface area contributed by atoms with Crippen LogP contribution in [0.4, 0.5) is 0 Å². The number of hydrogen-bond acceptors (Lipinski definition) is 1. The first kappa shape index (κ1) is 21.9. The summed E-state index contributed by atoms with van der Waals surface area (Å²) < 4.78 is 0. The molecule has 0 aromatic rings. The van der Waals surface area contributed by atoms with E-state index in [1.54, 1.807) is 0 Å². The lowest BCUT2D eigenvalue weighted by molar-refractivity contribution is 0.434. The minimum atomic E-state index is 1.14. The van der Waals surface area contributed by atoms with Gasteiger partial charge in [0.1, 0.15) is 0 Å². The van der Waals surface area contributed by atoms with Gasteiger partial charge in [0.25, 0.3) is 0 Å². The van der Waals surface area contributed by atoms with Crippen LogP contribution in [0.1, 0.15) is 73.1 Å². The van der Waals surface area contributed by atoms with E-state index in [2.05, 4.69) is 65.8 Å². The summed E-state index contributed by atoms with van der Waals surface area (Å²) in [6.07, 6.45) is 12.2. The van der Waals surface area contributed by atoms with Crippen LogP contribution in [-0.2, 0) is 0 Å². The van der Waals surface area contributed by atoms with E-state index in [9.17, 15) is 0 Å². The van der Waals surface area contributed by atoms with Gasteiger partial charge in [0.15, 0.2) is 0 Å². The molecule has 0 unspecified atom stereocenters. The van der Waals surface area contributed by atoms with Crippen molar-refractivity contribution < 1.29 is 0 Å². The highest BCUT2D eigenvalue weighted by Crippen LogP contribution is 1.95. The molecule has 0 spiro atoms. The van der Waals surface area contributed by atoms with Gasteiger partial charge in [-0.05, 0) is 33.5 Å². The summed E-state index contributed by atoms with van der Waals surface area (Å²) in [6, 6.07) is 0. The van der Waals surface area contributed by atoms with Crippen molar-refractivity contribution in [3.05, 3.63) is 12.2 Å². The Morgan fingerprint density at radius 1 is 0.706 bits per heavy atom. The van der Waals surface area contributed by atoms with Gasteiger partial charge in [-0.25, -0.2) is 0 Å². The van der Waals surface area contributed by atoms with Crippen molar-refractivity contribution in [1.29, 1.82) is 0 Å². The Morgan fingerprint density at radius 2 is 1.00 bits per heavy atom. The molecule has 0 fully saturated rings. The molecule has 0 aromatic carbocycles. The lowest BCUT2D eigenvalue weighted by atomic mass is 10.2. The van der Waals surface area contributed by atoms with E-state index in [0.717, 1.165) is 6.54 Å². The van der Waals surface area contributed by atoms with Crippen LogP contribution in [0.2, 0.25) is 0 Å². The molecule has 0 atom stereocenters. The van der Waals surface area contributed by atoms with Crippen molar-refractivity contribution in [2.24, 2.45) is 0 Å². The number of unbranched alkanes of at least 4 members (excludes halogenated alkanes) is 3. The van der Waals surface area contributed by atoms with Gasteiger partial charge in [-0.3, -0.25) is 0 Å². The Hall–Kier alpha value is -0.300. The number of hydrogen-bond donors (Lipinski definition) is 0. The van der Waals surface area contributed by atoms with Crippen LogP contribution in [0.25, 0.3) is 0 Å². The highest BCUT2D eigenvalue weighted by atomic mass is 15.0. The van der Waals surface area contributed by atoms with Crippen molar-refractivity contribution in [3.8, 4) is 0 Å². The second-order valence-corrected chi connectivity index (χ2v) is 4.39. The van der Waals surface area contributed by atoms with E-state index in [1.807, 2.05) is 0 Å². The molecule has 0 aliphatic heterocycles. The second kappa shape index (κ2) is 24.8. The fraction of sp³-hybridized carbons (Fsp3) is 0.875. The predicted octanol–water partition coefficient (Wildman–Crippen LogP) is 5.52. The Labute approximate surface area is 111 Å². The molecule has 0 rings (SSSR count). The maximum Gasteiger partial charge on any atom is -0.00533 e. The summed E-state index contributed by atoms with van der Waals surface area (Å²) in [5.41, 5.74) is 0. The predicted molar refractivity (Wildman–Crippen MR) is 83.8 cm³/mol. The third-order valence-electron chi connectivity index (χ3n) is 2.23. The Kier molecular flexibility index (Phi) is 32.0. The molecule has 0 amide bonds. The zero-order chi connectivity index (χ0) is 13.9. The highest BCUT2D eigenvalue weighted by molar-refractivity contribution is 4.77. The van der Waals surface area contributed by atoms with Crippen molar-refractivity contribution in [2.75, 3.05) is 20.6 Å². The maximum absolute atomic E-state index is 2.23. The van der Waals surface area contributed by atoms with Gasteiger partial charge in [0.2, 0.25) is 0 Å². The second-order valence-electron chi connectivity index (χ2n) is 4.39. The normalized spacial score (nSPS) is 9.65. The molecular weight excluding hydrogens is 206 g/mol. The van der Waals surface area contributed by atoms with Gasteiger partial charge in [0, 0.05) is 0 Å². The van der Waals surface area contributed by atoms with Crippen molar-refractivity contribution >= 4 is 0 Å².